The smallest absolute Gasteiger partial charge is 0.340 e. The summed E-state index contributed by atoms with van der Waals surface area (Å²) in [7, 11) is 0. The van der Waals surface area contributed by atoms with Gasteiger partial charge in [-0.3, -0.25) is 0 Å². The predicted octanol–water partition coefficient (Wildman–Crippen LogP) is 1.73. The molecule has 0 amide bonds. The van der Waals surface area contributed by atoms with E-state index in [-0.39, 0.29) is 0 Å². The Kier molecular flexibility index (Phi) is 10.6. The molecule has 5 rings (SSSR count). The van der Waals surface area contributed by atoms with Gasteiger partial charge in [0.2, 0.25) is 12.4 Å². The fourth-order valence-electron chi connectivity index (χ4n) is 5.05. The highest BCUT2D eigenvalue weighted by Crippen LogP contribution is 2.40. The molecule has 290 valence electrons. The standard InChI is InChI=1S/C34H28O21/c35-16-1-11(2-17(36)25(16)43)30(47)51-10-15-9-24(53-31(48)12-3-18(37)26(44)19(38)4-12)29(54-32(49)13-5-20(39)27(45)21(40)6-13)34(52-15)55-33(50)14-7-22(41)28(46)23(42)8-14/h1-8,15,24,29,34-46H,9-10H2/t15-,24-,29+,34+/m0/s1. The zero-order valence-corrected chi connectivity index (χ0v) is 27.4. The Labute approximate surface area is 305 Å². The van der Waals surface area contributed by atoms with Crippen molar-refractivity contribution in [3.8, 4) is 69.0 Å². The molecule has 1 saturated heterocycles. The summed E-state index contributed by atoms with van der Waals surface area (Å²) < 4.78 is 27.2. The van der Waals surface area contributed by atoms with Crippen LogP contribution in [0.1, 0.15) is 47.9 Å². The van der Waals surface area contributed by atoms with Gasteiger partial charge in [0.05, 0.1) is 28.4 Å². The molecule has 0 unspecified atom stereocenters. The minimum atomic E-state index is -2.19. The average Bonchev–Trinajstić information content (AvgIpc) is 3.13. The van der Waals surface area contributed by atoms with E-state index >= 15 is 0 Å². The summed E-state index contributed by atoms with van der Waals surface area (Å²) in [6.45, 7) is -0.800. The topological polar surface area (TPSA) is 357 Å². The summed E-state index contributed by atoms with van der Waals surface area (Å²) in [5.41, 5.74) is -2.31. The number of hydrogen-bond acceptors (Lipinski definition) is 21. The number of rotatable bonds is 9. The highest BCUT2D eigenvalue weighted by molar-refractivity contribution is 5.93. The lowest BCUT2D eigenvalue weighted by Gasteiger charge is -2.39. The summed E-state index contributed by atoms with van der Waals surface area (Å²) in [5, 5.41) is 118. The van der Waals surface area contributed by atoms with Gasteiger partial charge < -0.3 is 85.0 Å². The number of esters is 4. The first kappa shape index (κ1) is 38.5. The van der Waals surface area contributed by atoms with Gasteiger partial charge in [0, 0.05) is 6.42 Å². The van der Waals surface area contributed by atoms with Crippen LogP contribution in [0.4, 0.5) is 0 Å². The zero-order valence-electron chi connectivity index (χ0n) is 27.4. The second-order valence-electron chi connectivity index (χ2n) is 11.6. The summed E-state index contributed by atoms with van der Waals surface area (Å²) in [6.07, 6.45) is -8.12. The molecule has 21 heteroatoms. The third kappa shape index (κ3) is 8.20. The van der Waals surface area contributed by atoms with Gasteiger partial charge in [-0.2, -0.15) is 0 Å². The molecule has 12 N–H and O–H groups in total. The third-order valence-electron chi connectivity index (χ3n) is 7.80. The monoisotopic (exact) mass is 772 g/mol. The Morgan fingerprint density at radius 2 is 0.782 bits per heavy atom. The summed E-state index contributed by atoms with van der Waals surface area (Å²) in [4.78, 5) is 52.7. The van der Waals surface area contributed by atoms with Gasteiger partial charge in [-0.15, -0.1) is 0 Å². The molecule has 1 aliphatic rings. The Balaban J connectivity index is 1.52. The number of aromatic hydroxyl groups is 12. The SMILES string of the molecule is O=C(OC[C@@H]1C[C@H](OC(=O)c2cc(O)c(O)c(O)c2)[C@@H](OC(=O)c2cc(O)c(O)c(O)c2)[C@@H](OC(=O)c2cc(O)c(O)c(O)c2)O1)c1cc(O)c(O)c(O)c1. The first-order chi connectivity index (χ1) is 25.8. The van der Waals surface area contributed by atoms with E-state index in [1.807, 2.05) is 0 Å². The van der Waals surface area contributed by atoms with Crippen LogP contribution in [-0.4, -0.2) is 116 Å². The van der Waals surface area contributed by atoms with E-state index in [0.29, 0.717) is 36.4 Å². The van der Waals surface area contributed by atoms with Crippen LogP contribution in [0.2, 0.25) is 0 Å². The van der Waals surface area contributed by atoms with Crippen molar-refractivity contribution >= 4 is 23.9 Å². The zero-order chi connectivity index (χ0) is 40.5. The summed E-state index contributed by atoms with van der Waals surface area (Å²) in [5.74, 6) is -17.0. The van der Waals surface area contributed by atoms with E-state index in [4.69, 9.17) is 23.7 Å². The van der Waals surface area contributed by atoms with E-state index in [2.05, 4.69) is 0 Å². The molecule has 4 atom stereocenters. The highest BCUT2D eigenvalue weighted by Gasteiger charge is 2.47. The average molecular weight is 773 g/mol. The molecule has 1 heterocycles. The van der Waals surface area contributed by atoms with Crippen molar-refractivity contribution < 1.29 is 104 Å². The number of carbonyl (C=O) groups excluding carboxylic acids is 4. The minimum Gasteiger partial charge on any atom is -0.504 e. The molecule has 0 spiro atoms. The van der Waals surface area contributed by atoms with Crippen LogP contribution in [0.25, 0.3) is 0 Å². The van der Waals surface area contributed by atoms with Crippen LogP contribution < -0.4 is 0 Å². The van der Waals surface area contributed by atoms with Gasteiger partial charge >= 0.3 is 23.9 Å². The van der Waals surface area contributed by atoms with E-state index in [9.17, 15) is 80.5 Å². The summed E-state index contributed by atoms with van der Waals surface area (Å²) >= 11 is 0. The van der Waals surface area contributed by atoms with Crippen molar-refractivity contribution in [1.82, 2.24) is 0 Å². The molecule has 4 aromatic carbocycles. The maximum atomic E-state index is 13.3. The maximum Gasteiger partial charge on any atom is 0.340 e. The number of phenols is 12. The number of ether oxygens (including phenoxy) is 5. The lowest BCUT2D eigenvalue weighted by Crippen LogP contribution is -2.54. The summed E-state index contributed by atoms with van der Waals surface area (Å²) in [6, 6.07) is 5.49. The molecule has 1 fully saturated rings. The lowest BCUT2D eigenvalue weighted by molar-refractivity contribution is -0.250. The van der Waals surface area contributed by atoms with Gasteiger partial charge in [0.25, 0.3) is 0 Å². The van der Waals surface area contributed by atoms with Crippen LogP contribution in [0.5, 0.6) is 69.0 Å². The van der Waals surface area contributed by atoms with E-state index in [1.165, 1.54) is 0 Å². The van der Waals surface area contributed by atoms with Crippen molar-refractivity contribution in [2.75, 3.05) is 6.61 Å². The Bertz CT molecular complexity index is 2020. The van der Waals surface area contributed by atoms with Crippen LogP contribution in [0.3, 0.4) is 0 Å². The number of benzene rings is 4. The molecule has 21 nitrogen and oxygen atoms in total. The Hall–Kier alpha value is -7.68. The molecule has 0 radical (unpaired) electrons. The van der Waals surface area contributed by atoms with Crippen LogP contribution in [0.15, 0.2) is 48.5 Å². The number of phenolic OH excluding ortho intramolecular Hbond substituents is 12. The molecule has 1 aliphatic heterocycles. The molecular weight excluding hydrogens is 744 g/mol. The number of carbonyl (C=O) groups is 4. The van der Waals surface area contributed by atoms with Crippen LogP contribution in [0, 0.1) is 0 Å². The first-order valence-electron chi connectivity index (χ1n) is 15.3. The fourth-order valence-corrected chi connectivity index (χ4v) is 5.05. The van der Waals surface area contributed by atoms with Gasteiger partial charge in [0.15, 0.2) is 69.0 Å². The minimum absolute atomic E-state index is 0.472. The molecule has 4 aromatic rings. The van der Waals surface area contributed by atoms with E-state index in [0.717, 1.165) is 12.1 Å². The molecular formula is C34H28O21. The van der Waals surface area contributed by atoms with Gasteiger partial charge in [-0.1, -0.05) is 0 Å². The van der Waals surface area contributed by atoms with Crippen LogP contribution >= 0.6 is 0 Å². The van der Waals surface area contributed by atoms with Crippen LogP contribution in [-0.2, 0) is 23.7 Å². The van der Waals surface area contributed by atoms with Crippen molar-refractivity contribution in [3.05, 3.63) is 70.8 Å². The van der Waals surface area contributed by atoms with Gasteiger partial charge in [-0.25, -0.2) is 19.2 Å². The van der Waals surface area contributed by atoms with Crippen molar-refractivity contribution in [3.63, 3.8) is 0 Å². The van der Waals surface area contributed by atoms with Crippen molar-refractivity contribution in [2.24, 2.45) is 0 Å². The van der Waals surface area contributed by atoms with Gasteiger partial charge in [0.1, 0.15) is 12.7 Å². The second kappa shape index (κ2) is 15.1. The Morgan fingerprint density at radius 3 is 1.15 bits per heavy atom. The predicted molar refractivity (Wildman–Crippen MR) is 173 cm³/mol. The highest BCUT2D eigenvalue weighted by atomic mass is 16.7. The maximum absolute atomic E-state index is 13.3. The van der Waals surface area contributed by atoms with Crippen molar-refractivity contribution in [1.29, 1.82) is 0 Å². The lowest BCUT2D eigenvalue weighted by atomic mass is 10.0. The first-order valence-corrected chi connectivity index (χ1v) is 15.3. The fraction of sp³-hybridized carbons (Fsp3) is 0.176. The quantitative estimate of drug-likeness (QED) is 0.0654. The van der Waals surface area contributed by atoms with E-state index in [1.54, 1.807) is 0 Å². The molecule has 55 heavy (non-hydrogen) atoms. The second-order valence-corrected chi connectivity index (χ2v) is 11.6. The third-order valence-corrected chi connectivity index (χ3v) is 7.80. The normalized spacial score (nSPS) is 17.8. The molecule has 0 bridgehead atoms. The van der Waals surface area contributed by atoms with Crippen molar-refractivity contribution in [2.45, 2.75) is 31.0 Å². The van der Waals surface area contributed by atoms with E-state index < -0.39 is 153 Å². The molecule has 0 aliphatic carbocycles. The van der Waals surface area contributed by atoms with Gasteiger partial charge in [-0.05, 0) is 48.5 Å². The largest absolute Gasteiger partial charge is 0.504 e. The molecule has 0 saturated carbocycles. The Morgan fingerprint density at radius 1 is 0.473 bits per heavy atom. The molecule has 0 aromatic heterocycles. The number of hydrogen-bond donors (Lipinski definition) is 12.